The maximum Gasteiger partial charge on any atom is 0.0417 e. The van der Waals surface area contributed by atoms with Crippen molar-refractivity contribution in [2.24, 2.45) is 0 Å². The summed E-state index contributed by atoms with van der Waals surface area (Å²) in [6, 6.07) is 0. The lowest BCUT2D eigenvalue weighted by atomic mass is 10.6. The van der Waals surface area contributed by atoms with Crippen LogP contribution in [0.5, 0.6) is 0 Å². The van der Waals surface area contributed by atoms with Crippen molar-refractivity contribution in [2.75, 3.05) is 18.2 Å². The van der Waals surface area contributed by atoms with Crippen LogP contribution in [0.3, 0.4) is 0 Å². The molecule has 0 fully saturated rings. The van der Waals surface area contributed by atoms with Crippen LogP contribution in [0.2, 0.25) is 0 Å². The predicted octanol–water partition coefficient (Wildman–Crippen LogP) is 1.70. The second-order valence-electron chi connectivity index (χ2n) is 1.66. The minimum Gasteiger partial charge on any atom is -0.308 e. The molecule has 0 amide bonds. The molecule has 8 heavy (non-hydrogen) atoms. The molecule has 2 heteroatoms. The van der Waals surface area contributed by atoms with E-state index >= 15 is 0 Å². The molecule has 0 aromatic heterocycles. The molecule has 50 valence electrons. The van der Waals surface area contributed by atoms with Crippen molar-refractivity contribution in [1.29, 1.82) is 0 Å². The van der Waals surface area contributed by atoms with E-state index in [2.05, 4.69) is 19.2 Å². The summed E-state index contributed by atoms with van der Waals surface area (Å²) in [5, 5.41) is 3.25. The first kappa shape index (κ1) is 8.31. The second-order valence-corrected chi connectivity index (χ2v) is 2.76. The third-order valence-electron chi connectivity index (χ3n) is 0.803. The fraction of sp³-hybridized carbons (Fsp3) is 1.00. The van der Waals surface area contributed by atoms with Crippen LogP contribution in [0.1, 0.15) is 20.3 Å². The van der Waals surface area contributed by atoms with E-state index < -0.39 is 0 Å². The Labute approximate surface area is 56.2 Å². The van der Waals surface area contributed by atoms with Crippen molar-refractivity contribution in [1.82, 2.24) is 5.32 Å². The van der Waals surface area contributed by atoms with E-state index in [1.165, 1.54) is 12.2 Å². The summed E-state index contributed by atoms with van der Waals surface area (Å²) in [4.78, 5) is 0. The van der Waals surface area contributed by atoms with Crippen molar-refractivity contribution in [3.63, 3.8) is 0 Å². The van der Waals surface area contributed by atoms with Crippen molar-refractivity contribution in [2.45, 2.75) is 20.3 Å². The van der Waals surface area contributed by atoms with Gasteiger partial charge in [-0.1, -0.05) is 13.8 Å². The van der Waals surface area contributed by atoms with Gasteiger partial charge in [0.15, 0.2) is 0 Å². The van der Waals surface area contributed by atoms with Gasteiger partial charge in [-0.15, -0.1) is 11.8 Å². The Morgan fingerprint density at radius 1 is 1.38 bits per heavy atom. The van der Waals surface area contributed by atoms with Crippen LogP contribution in [0, 0.1) is 0 Å². The molecular formula is C6H15NS. The van der Waals surface area contributed by atoms with Crippen molar-refractivity contribution >= 4 is 11.8 Å². The molecule has 1 nitrogen and oxygen atoms in total. The quantitative estimate of drug-likeness (QED) is 0.452. The standard InChI is InChI=1S/C6H15NS/c1-3-5-8-6-7-4-2/h7H,3-6H2,1-2H3. The summed E-state index contributed by atoms with van der Waals surface area (Å²) in [5.41, 5.74) is 0. The van der Waals surface area contributed by atoms with Gasteiger partial charge in [-0.2, -0.15) is 0 Å². The maximum absolute atomic E-state index is 3.25. The molecule has 0 bridgehead atoms. The molecule has 0 heterocycles. The summed E-state index contributed by atoms with van der Waals surface area (Å²) < 4.78 is 0. The molecule has 1 N–H and O–H groups in total. The van der Waals surface area contributed by atoms with Crippen LogP contribution in [0.15, 0.2) is 0 Å². The summed E-state index contributed by atoms with van der Waals surface area (Å²) in [7, 11) is 0. The molecule has 0 rings (SSSR count). The normalized spacial score (nSPS) is 9.75. The summed E-state index contributed by atoms with van der Waals surface area (Å²) in [6.07, 6.45) is 1.29. The first-order valence-corrected chi connectivity index (χ1v) is 4.35. The van der Waals surface area contributed by atoms with Gasteiger partial charge in [-0.3, -0.25) is 0 Å². The minimum absolute atomic E-state index is 1.09. The molecule has 0 saturated heterocycles. The highest BCUT2D eigenvalue weighted by atomic mass is 32.2. The Morgan fingerprint density at radius 3 is 2.62 bits per heavy atom. The highest BCUT2D eigenvalue weighted by Gasteiger charge is 1.81. The largest absolute Gasteiger partial charge is 0.308 e. The molecule has 0 unspecified atom stereocenters. The summed E-state index contributed by atoms with van der Waals surface area (Å²) in [6.45, 7) is 5.43. The van der Waals surface area contributed by atoms with Crippen LogP contribution >= 0.6 is 11.8 Å². The molecule has 0 aromatic carbocycles. The second kappa shape index (κ2) is 7.31. The highest BCUT2D eigenvalue weighted by molar-refractivity contribution is 7.99. The minimum atomic E-state index is 1.09. The maximum atomic E-state index is 3.25. The van der Waals surface area contributed by atoms with Gasteiger partial charge in [-0.05, 0) is 18.7 Å². The van der Waals surface area contributed by atoms with E-state index in [1.807, 2.05) is 11.8 Å². The van der Waals surface area contributed by atoms with Gasteiger partial charge in [0.05, 0.1) is 0 Å². The van der Waals surface area contributed by atoms with E-state index in [9.17, 15) is 0 Å². The summed E-state index contributed by atoms with van der Waals surface area (Å²) >= 11 is 1.97. The fourth-order valence-corrected chi connectivity index (χ4v) is 1.17. The average molecular weight is 133 g/mol. The van der Waals surface area contributed by atoms with Gasteiger partial charge in [-0.25, -0.2) is 0 Å². The summed E-state index contributed by atoms with van der Waals surface area (Å²) in [5.74, 6) is 2.40. The number of rotatable bonds is 5. The monoisotopic (exact) mass is 133 g/mol. The molecule has 0 atom stereocenters. The van der Waals surface area contributed by atoms with Gasteiger partial charge in [0.2, 0.25) is 0 Å². The van der Waals surface area contributed by atoms with Crippen molar-refractivity contribution < 1.29 is 0 Å². The zero-order valence-electron chi connectivity index (χ0n) is 5.74. The molecule has 0 radical (unpaired) electrons. The Morgan fingerprint density at radius 2 is 2.12 bits per heavy atom. The number of hydrogen-bond acceptors (Lipinski definition) is 2. The van der Waals surface area contributed by atoms with E-state index in [-0.39, 0.29) is 0 Å². The number of nitrogens with one attached hydrogen (secondary N) is 1. The average Bonchev–Trinajstić information content (AvgIpc) is 1.81. The number of hydrogen-bond donors (Lipinski definition) is 1. The molecule has 0 spiro atoms. The molecular weight excluding hydrogens is 118 g/mol. The van der Waals surface area contributed by atoms with E-state index in [0.717, 1.165) is 12.4 Å². The third-order valence-corrected chi connectivity index (χ3v) is 1.91. The molecule has 0 saturated carbocycles. The van der Waals surface area contributed by atoms with Gasteiger partial charge in [0.1, 0.15) is 0 Å². The van der Waals surface area contributed by atoms with Crippen LogP contribution in [-0.2, 0) is 0 Å². The lowest BCUT2D eigenvalue weighted by Gasteiger charge is -1.97. The van der Waals surface area contributed by atoms with Crippen LogP contribution < -0.4 is 5.32 Å². The zero-order chi connectivity index (χ0) is 6.24. The van der Waals surface area contributed by atoms with Crippen LogP contribution in [-0.4, -0.2) is 18.2 Å². The van der Waals surface area contributed by atoms with E-state index in [4.69, 9.17) is 0 Å². The van der Waals surface area contributed by atoms with Gasteiger partial charge < -0.3 is 5.32 Å². The van der Waals surface area contributed by atoms with Gasteiger partial charge >= 0.3 is 0 Å². The van der Waals surface area contributed by atoms with Crippen molar-refractivity contribution in [3.8, 4) is 0 Å². The first-order chi connectivity index (χ1) is 3.91. The lowest BCUT2D eigenvalue weighted by Crippen LogP contribution is -2.11. The third kappa shape index (κ3) is 6.31. The van der Waals surface area contributed by atoms with Gasteiger partial charge in [0.25, 0.3) is 0 Å². The van der Waals surface area contributed by atoms with E-state index in [0.29, 0.717) is 0 Å². The Balaban J connectivity index is 2.53. The Bertz CT molecular complexity index is 33.5. The predicted molar refractivity (Wildman–Crippen MR) is 41.3 cm³/mol. The highest BCUT2D eigenvalue weighted by Crippen LogP contribution is 1.97. The Hall–Kier alpha value is 0.310. The van der Waals surface area contributed by atoms with E-state index in [1.54, 1.807) is 0 Å². The zero-order valence-corrected chi connectivity index (χ0v) is 6.55. The fourth-order valence-electron chi connectivity index (χ4n) is 0.391. The van der Waals surface area contributed by atoms with Gasteiger partial charge in [0, 0.05) is 5.88 Å². The topological polar surface area (TPSA) is 12.0 Å². The van der Waals surface area contributed by atoms with Crippen molar-refractivity contribution in [3.05, 3.63) is 0 Å². The molecule has 0 aliphatic rings. The Kier molecular flexibility index (Phi) is 7.59. The lowest BCUT2D eigenvalue weighted by molar-refractivity contribution is 0.838. The first-order valence-electron chi connectivity index (χ1n) is 3.20. The number of thioether (sulfide) groups is 1. The van der Waals surface area contributed by atoms with Crippen LogP contribution in [0.25, 0.3) is 0 Å². The molecule has 0 aliphatic heterocycles. The SMILES string of the molecule is CCCSCNCC. The smallest absolute Gasteiger partial charge is 0.0417 e. The van der Waals surface area contributed by atoms with Crippen LogP contribution in [0.4, 0.5) is 0 Å². The molecule has 0 aliphatic carbocycles. The molecule has 0 aromatic rings.